The Kier molecular flexibility index (Phi) is 7.96. The van der Waals surface area contributed by atoms with Crippen molar-refractivity contribution in [1.29, 1.82) is 0 Å². The quantitative estimate of drug-likeness (QED) is 0.491. The van der Waals surface area contributed by atoms with E-state index in [2.05, 4.69) is 10.6 Å². The summed E-state index contributed by atoms with van der Waals surface area (Å²) in [5, 5.41) is 5.59. The van der Waals surface area contributed by atoms with E-state index in [0.29, 0.717) is 13.0 Å². The highest BCUT2D eigenvalue weighted by Crippen LogP contribution is 2.44. The fourth-order valence-corrected chi connectivity index (χ4v) is 5.73. The van der Waals surface area contributed by atoms with E-state index < -0.39 is 53.4 Å². The fraction of sp³-hybridized carbons (Fsp3) is 0.630. The molecule has 2 aliphatic heterocycles. The number of carbonyl (C=O) groups excluding carboxylic acids is 4. The van der Waals surface area contributed by atoms with Gasteiger partial charge in [-0.05, 0) is 49.7 Å². The predicted octanol–water partition coefficient (Wildman–Crippen LogP) is 2.15. The zero-order chi connectivity index (χ0) is 27.8. The number of methoxy groups -OCH3 is 1. The first kappa shape index (κ1) is 27.8. The molecule has 1 unspecified atom stereocenters. The van der Waals surface area contributed by atoms with E-state index in [1.165, 1.54) is 25.3 Å². The Bertz CT molecular complexity index is 1100. The van der Waals surface area contributed by atoms with Gasteiger partial charge in [0.15, 0.2) is 11.6 Å². The number of nitrogens with zero attached hydrogens (tertiary/aromatic N) is 1. The van der Waals surface area contributed by atoms with Gasteiger partial charge in [0.2, 0.25) is 18.1 Å². The van der Waals surface area contributed by atoms with Crippen LogP contribution in [0.25, 0.3) is 0 Å². The van der Waals surface area contributed by atoms with E-state index >= 15 is 0 Å². The Morgan fingerprint density at radius 2 is 1.97 bits per heavy atom. The summed E-state index contributed by atoms with van der Waals surface area (Å²) in [4.78, 5) is 54.1. The van der Waals surface area contributed by atoms with Gasteiger partial charge in [0.05, 0.1) is 19.1 Å². The molecule has 208 valence electrons. The van der Waals surface area contributed by atoms with Crippen LogP contribution in [0.4, 0.5) is 4.39 Å². The molecule has 3 aliphatic rings. The zero-order valence-electron chi connectivity index (χ0n) is 22.4. The van der Waals surface area contributed by atoms with Crippen molar-refractivity contribution >= 4 is 23.7 Å². The number of rotatable bonds is 8. The average Bonchev–Trinajstić information content (AvgIpc) is 3.56. The maximum Gasteiger partial charge on any atom is 0.310 e. The van der Waals surface area contributed by atoms with Crippen LogP contribution in [0.2, 0.25) is 0 Å². The molecule has 0 radical (unpaired) electrons. The van der Waals surface area contributed by atoms with E-state index in [-0.39, 0.29) is 35.6 Å². The molecule has 6 atom stereocenters. The van der Waals surface area contributed by atoms with Gasteiger partial charge in [-0.1, -0.05) is 26.8 Å². The summed E-state index contributed by atoms with van der Waals surface area (Å²) in [5.74, 6) is -2.93. The van der Waals surface area contributed by atoms with Crippen LogP contribution in [-0.4, -0.2) is 72.8 Å². The lowest BCUT2D eigenvalue weighted by Gasteiger charge is -2.40. The number of piperidine rings is 1. The van der Waals surface area contributed by atoms with Gasteiger partial charge in [0, 0.05) is 12.6 Å². The number of ether oxygens (including phenoxy) is 3. The second-order valence-electron chi connectivity index (χ2n) is 11.1. The van der Waals surface area contributed by atoms with Crippen LogP contribution in [-0.2, 0) is 23.9 Å². The van der Waals surface area contributed by atoms with Crippen molar-refractivity contribution in [3.8, 4) is 5.75 Å². The summed E-state index contributed by atoms with van der Waals surface area (Å²) in [6, 6.07) is 1.64. The minimum atomic E-state index is -1.03. The van der Waals surface area contributed by atoms with Gasteiger partial charge in [0.1, 0.15) is 18.1 Å². The lowest BCUT2D eigenvalue weighted by atomic mass is 9.84. The first-order chi connectivity index (χ1) is 18.0. The number of fused-ring (bicyclic) bond motifs is 2. The molecule has 0 spiro atoms. The molecule has 3 fully saturated rings. The smallest absolute Gasteiger partial charge is 0.310 e. The lowest BCUT2D eigenvalue weighted by molar-refractivity contribution is -0.165. The summed E-state index contributed by atoms with van der Waals surface area (Å²) in [6.45, 7) is 7.48. The van der Waals surface area contributed by atoms with Crippen molar-refractivity contribution in [2.24, 2.45) is 11.3 Å². The molecule has 38 heavy (non-hydrogen) atoms. The molecule has 2 N–H and O–H groups in total. The van der Waals surface area contributed by atoms with Gasteiger partial charge in [0.25, 0.3) is 5.91 Å². The minimum Gasteiger partial charge on any atom is -0.494 e. The highest BCUT2D eigenvalue weighted by Gasteiger charge is 2.54. The molecule has 2 saturated heterocycles. The number of halogens is 1. The Hall–Kier alpha value is -3.21. The van der Waals surface area contributed by atoms with Gasteiger partial charge in [-0.2, -0.15) is 0 Å². The number of esters is 1. The van der Waals surface area contributed by atoms with E-state index in [1.54, 1.807) is 32.6 Å². The summed E-state index contributed by atoms with van der Waals surface area (Å²) in [6.07, 6.45) is 1.33. The van der Waals surface area contributed by atoms with Gasteiger partial charge >= 0.3 is 5.97 Å². The minimum absolute atomic E-state index is 0.0159. The molecule has 2 heterocycles. The molecular weight excluding hydrogens is 497 g/mol. The normalized spacial score (nSPS) is 27.2. The van der Waals surface area contributed by atoms with Crippen LogP contribution in [0.5, 0.6) is 5.75 Å². The first-order valence-electron chi connectivity index (χ1n) is 13.0. The zero-order valence-corrected chi connectivity index (χ0v) is 22.4. The van der Waals surface area contributed by atoms with Crippen molar-refractivity contribution in [2.75, 3.05) is 13.7 Å². The van der Waals surface area contributed by atoms with Crippen molar-refractivity contribution in [2.45, 2.75) is 83.8 Å². The molecule has 1 aromatic rings. The third kappa shape index (κ3) is 5.34. The topological polar surface area (TPSA) is 123 Å². The van der Waals surface area contributed by atoms with Gasteiger partial charge in [-0.3, -0.25) is 19.2 Å². The van der Waals surface area contributed by atoms with Crippen LogP contribution in [0.15, 0.2) is 18.2 Å². The number of nitrogens with one attached hydrogen (secondary N) is 2. The van der Waals surface area contributed by atoms with E-state index in [0.717, 1.165) is 12.8 Å². The Morgan fingerprint density at radius 3 is 2.63 bits per heavy atom. The highest BCUT2D eigenvalue weighted by atomic mass is 19.1. The number of hydrogen-bond donors (Lipinski definition) is 2. The molecule has 11 heteroatoms. The van der Waals surface area contributed by atoms with Crippen LogP contribution < -0.4 is 15.4 Å². The molecule has 1 saturated carbocycles. The largest absolute Gasteiger partial charge is 0.494 e. The lowest BCUT2D eigenvalue weighted by Crippen LogP contribution is -2.62. The Balaban J connectivity index is 1.56. The summed E-state index contributed by atoms with van der Waals surface area (Å²) in [7, 11) is 1.30. The van der Waals surface area contributed by atoms with E-state index in [4.69, 9.17) is 14.2 Å². The maximum atomic E-state index is 14.8. The Morgan fingerprint density at radius 1 is 1.24 bits per heavy atom. The third-order valence-electron chi connectivity index (χ3n) is 7.55. The molecule has 3 amide bonds. The molecule has 4 rings (SSSR count). The van der Waals surface area contributed by atoms with Crippen LogP contribution in [0, 0.1) is 17.2 Å². The number of benzene rings is 1. The molecule has 1 aliphatic carbocycles. The molecule has 0 aromatic heterocycles. The third-order valence-corrected chi connectivity index (χ3v) is 7.55. The number of likely N-dealkylation sites (tertiary alicyclic amines) is 1. The number of cyclic esters (lactones) is 1. The van der Waals surface area contributed by atoms with Crippen molar-refractivity contribution in [3.05, 3.63) is 29.6 Å². The van der Waals surface area contributed by atoms with Crippen molar-refractivity contribution < 1.29 is 37.8 Å². The van der Waals surface area contributed by atoms with Gasteiger partial charge < -0.3 is 29.7 Å². The fourth-order valence-electron chi connectivity index (χ4n) is 5.73. The standard InChI is InChI=1S/C27H36FN3O7/c1-6-37-26-17(13-19(32)38-26)29-24(34)21-14-10-11-15(12-14)31(21)25(35)22(27(2,3)4)30-23(33)16-8-7-9-18(36-5)20(16)28/h7-9,14-15,17,21-22,26H,6,10-13H2,1-5H3,(H,29,34)(H,30,33)/t14-,15+,17?,21-,22+,26+/m0/s1. The number of hydrogen-bond acceptors (Lipinski definition) is 7. The SMILES string of the molecule is CCO[C@@H]1OC(=O)CC1NC(=O)[C@@H]1[C@H]2CC[C@H](C2)N1C(=O)[C@@H](NC(=O)c1cccc(OC)c1F)C(C)(C)C. The van der Waals surface area contributed by atoms with Crippen LogP contribution in [0.3, 0.4) is 0 Å². The van der Waals surface area contributed by atoms with E-state index in [1.807, 2.05) is 0 Å². The van der Waals surface area contributed by atoms with Crippen molar-refractivity contribution in [1.82, 2.24) is 15.5 Å². The number of carbonyl (C=O) groups is 4. The summed E-state index contributed by atoms with van der Waals surface area (Å²) >= 11 is 0. The van der Waals surface area contributed by atoms with Crippen LogP contribution in [0.1, 0.15) is 63.7 Å². The second kappa shape index (κ2) is 10.9. The monoisotopic (exact) mass is 533 g/mol. The summed E-state index contributed by atoms with van der Waals surface area (Å²) in [5.41, 5.74) is -0.979. The maximum absolute atomic E-state index is 14.8. The van der Waals surface area contributed by atoms with Gasteiger partial charge in [-0.15, -0.1) is 0 Å². The van der Waals surface area contributed by atoms with Gasteiger partial charge in [-0.25, -0.2) is 4.39 Å². The summed E-state index contributed by atoms with van der Waals surface area (Å²) < 4.78 is 30.4. The second-order valence-corrected chi connectivity index (χ2v) is 11.1. The number of amides is 3. The van der Waals surface area contributed by atoms with Crippen molar-refractivity contribution in [3.63, 3.8) is 0 Å². The molecule has 2 bridgehead atoms. The first-order valence-corrected chi connectivity index (χ1v) is 13.0. The van der Waals surface area contributed by atoms with Crippen LogP contribution >= 0.6 is 0 Å². The molecule has 10 nitrogen and oxygen atoms in total. The predicted molar refractivity (Wildman–Crippen MR) is 133 cm³/mol. The molecular formula is C27H36FN3O7. The van der Waals surface area contributed by atoms with E-state index in [9.17, 15) is 23.6 Å². The highest BCUT2D eigenvalue weighted by molar-refractivity contribution is 5.99. The molecule has 1 aromatic carbocycles. The average molecular weight is 534 g/mol. The Labute approximate surface area is 221 Å².